The van der Waals surface area contributed by atoms with Crippen molar-refractivity contribution >= 4 is 18.7 Å². The first-order chi connectivity index (χ1) is 10.2. The van der Waals surface area contributed by atoms with Gasteiger partial charge in [-0.2, -0.15) is 0 Å². The van der Waals surface area contributed by atoms with E-state index < -0.39 is 24.1 Å². The second-order valence-corrected chi connectivity index (χ2v) is 6.25. The Morgan fingerprint density at radius 1 is 1.09 bits per heavy atom. The van der Waals surface area contributed by atoms with Gasteiger partial charge in [0, 0.05) is 0 Å². The highest BCUT2D eigenvalue weighted by molar-refractivity contribution is 6.62. The molecule has 0 atom stereocenters. The number of hydrogen-bond donors (Lipinski definition) is 0. The first-order valence-electron chi connectivity index (χ1n) is 7.14. The van der Waals surface area contributed by atoms with E-state index in [4.69, 9.17) is 18.8 Å². The van der Waals surface area contributed by atoms with Crippen LogP contribution in [0, 0.1) is 5.82 Å². The van der Waals surface area contributed by atoms with Gasteiger partial charge in [0.1, 0.15) is 11.6 Å². The maximum Gasteiger partial charge on any atom is 0.495 e. The molecule has 0 unspecified atom stereocenters. The molecule has 1 fully saturated rings. The van der Waals surface area contributed by atoms with Gasteiger partial charge in [0.05, 0.1) is 37.2 Å². The molecule has 1 heterocycles. The molecule has 1 aromatic rings. The monoisotopic (exact) mass is 308 g/mol. The first kappa shape index (κ1) is 16.8. The van der Waals surface area contributed by atoms with Crippen molar-refractivity contribution < 1.29 is 23.2 Å². The van der Waals surface area contributed by atoms with Gasteiger partial charge in [-0.05, 0) is 51.4 Å². The third-order valence-corrected chi connectivity index (χ3v) is 4.23. The zero-order valence-electron chi connectivity index (χ0n) is 13.9. The van der Waals surface area contributed by atoms with Gasteiger partial charge in [-0.15, -0.1) is 0 Å². The summed E-state index contributed by atoms with van der Waals surface area (Å²) in [5.74, 6) is -0.0182. The minimum Gasteiger partial charge on any atom is -0.504 e. The number of methoxy groups -OCH3 is 2. The molecule has 22 heavy (non-hydrogen) atoms. The smallest absolute Gasteiger partial charge is 0.495 e. The SMILES string of the molecule is CO/C=C/c1c(F)cc(B2OC(C)(C)C(C)(C)O2)cc1OC. The van der Waals surface area contributed by atoms with Gasteiger partial charge < -0.3 is 18.8 Å². The van der Waals surface area contributed by atoms with Gasteiger partial charge in [-0.3, -0.25) is 0 Å². The van der Waals surface area contributed by atoms with E-state index in [-0.39, 0.29) is 0 Å². The second kappa shape index (κ2) is 5.93. The maximum atomic E-state index is 14.4. The average molecular weight is 308 g/mol. The van der Waals surface area contributed by atoms with Crippen LogP contribution >= 0.6 is 0 Å². The Hall–Kier alpha value is -1.53. The lowest BCUT2D eigenvalue weighted by molar-refractivity contribution is 0.00578. The van der Waals surface area contributed by atoms with Gasteiger partial charge in [-0.25, -0.2) is 4.39 Å². The number of benzene rings is 1. The van der Waals surface area contributed by atoms with Crippen molar-refractivity contribution in [2.75, 3.05) is 14.2 Å². The summed E-state index contributed by atoms with van der Waals surface area (Å²) in [5.41, 5.74) is -0.0429. The molecule has 0 N–H and O–H groups in total. The molecule has 0 spiro atoms. The Bertz CT molecular complexity index is 568. The van der Waals surface area contributed by atoms with Crippen LogP contribution in [0.25, 0.3) is 6.08 Å². The summed E-state index contributed by atoms with van der Waals surface area (Å²) in [7, 11) is 2.36. The summed E-state index contributed by atoms with van der Waals surface area (Å²) in [5, 5.41) is 0. The second-order valence-electron chi connectivity index (χ2n) is 6.25. The predicted octanol–water partition coefficient (Wildman–Crippen LogP) is 2.75. The van der Waals surface area contributed by atoms with E-state index in [1.54, 1.807) is 6.07 Å². The summed E-state index contributed by atoms with van der Waals surface area (Å²) < 4.78 is 36.3. The van der Waals surface area contributed by atoms with Gasteiger partial charge in [-0.1, -0.05) is 0 Å². The van der Waals surface area contributed by atoms with E-state index >= 15 is 0 Å². The van der Waals surface area contributed by atoms with Gasteiger partial charge in [0.2, 0.25) is 0 Å². The molecule has 0 aliphatic carbocycles. The standard InChI is InChI=1S/C16H22BFO4/c1-15(2)16(3,4)22-17(21-15)11-9-13(18)12(7-8-19-5)14(10-11)20-6/h7-10H,1-6H3/b8-7+. The molecule has 6 heteroatoms. The van der Waals surface area contributed by atoms with Crippen molar-refractivity contribution in [3.63, 3.8) is 0 Å². The summed E-state index contributed by atoms with van der Waals surface area (Å²) >= 11 is 0. The average Bonchev–Trinajstić information content (AvgIpc) is 2.65. The number of halogens is 1. The minimum atomic E-state index is -0.631. The highest BCUT2D eigenvalue weighted by Gasteiger charge is 2.51. The van der Waals surface area contributed by atoms with Crippen molar-refractivity contribution in [3.05, 3.63) is 29.8 Å². The normalized spacial score (nSPS) is 19.7. The van der Waals surface area contributed by atoms with Crippen LogP contribution in [0.3, 0.4) is 0 Å². The van der Waals surface area contributed by atoms with Gasteiger partial charge in [0.25, 0.3) is 0 Å². The van der Waals surface area contributed by atoms with Crippen molar-refractivity contribution in [1.82, 2.24) is 0 Å². The van der Waals surface area contributed by atoms with Gasteiger partial charge >= 0.3 is 7.12 Å². The highest BCUT2D eigenvalue weighted by Crippen LogP contribution is 2.37. The van der Waals surface area contributed by atoms with Crippen LogP contribution in [0.1, 0.15) is 33.3 Å². The fourth-order valence-corrected chi connectivity index (χ4v) is 2.19. The van der Waals surface area contributed by atoms with Crippen LogP contribution in [0.4, 0.5) is 4.39 Å². The quantitative estimate of drug-likeness (QED) is 0.633. The molecule has 4 nitrogen and oxygen atoms in total. The van der Waals surface area contributed by atoms with Crippen molar-refractivity contribution in [2.45, 2.75) is 38.9 Å². The minimum absolute atomic E-state index is 0.324. The van der Waals surface area contributed by atoms with Gasteiger partial charge in [0.15, 0.2) is 0 Å². The van der Waals surface area contributed by atoms with Crippen LogP contribution in [0.15, 0.2) is 18.4 Å². The zero-order chi connectivity index (χ0) is 16.5. The van der Waals surface area contributed by atoms with E-state index in [1.807, 2.05) is 27.7 Å². The van der Waals surface area contributed by atoms with Crippen molar-refractivity contribution in [3.8, 4) is 5.75 Å². The first-order valence-corrected chi connectivity index (χ1v) is 7.14. The summed E-state index contributed by atoms with van der Waals surface area (Å²) in [6.45, 7) is 7.82. The summed E-state index contributed by atoms with van der Waals surface area (Å²) in [6, 6.07) is 3.13. The maximum absolute atomic E-state index is 14.4. The van der Waals surface area contributed by atoms with Crippen molar-refractivity contribution in [1.29, 1.82) is 0 Å². The molecule has 1 aromatic carbocycles. The van der Waals surface area contributed by atoms with Crippen LogP contribution < -0.4 is 10.2 Å². The predicted molar refractivity (Wildman–Crippen MR) is 84.7 cm³/mol. The largest absolute Gasteiger partial charge is 0.504 e. The lowest BCUT2D eigenvalue weighted by Crippen LogP contribution is -2.41. The Kier molecular flexibility index (Phi) is 4.54. The lowest BCUT2D eigenvalue weighted by Gasteiger charge is -2.32. The molecule has 0 amide bonds. The zero-order valence-corrected chi connectivity index (χ0v) is 13.9. The molecule has 1 aliphatic heterocycles. The number of hydrogen-bond acceptors (Lipinski definition) is 4. The number of ether oxygens (including phenoxy) is 2. The molecule has 1 saturated heterocycles. The third-order valence-electron chi connectivity index (χ3n) is 4.23. The molecule has 0 aromatic heterocycles. The Labute approximate surface area is 131 Å². The Morgan fingerprint density at radius 3 is 2.18 bits per heavy atom. The van der Waals surface area contributed by atoms with E-state index in [0.29, 0.717) is 16.8 Å². The molecule has 120 valence electrons. The highest BCUT2D eigenvalue weighted by atomic mass is 19.1. The topological polar surface area (TPSA) is 36.9 Å². The van der Waals surface area contributed by atoms with Crippen molar-refractivity contribution in [2.24, 2.45) is 0 Å². The van der Waals surface area contributed by atoms with Crippen LogP contribution in [0.2, 0.25) is 0 Å². The van der Waals surface area contributed by atoms with E-state index in [1.165, 1.54) is 32.6 Å². The fraction of sp³-hybridized carbons (Fsp3) is 0.500. The Balaban J connectivity index is 2.38. The number of rotatable bonds is 4. The Morgan fingerprint density at radius 2 is 1.68 bits per heavy atom. The molecule has 2 rings (SSSR count). The van der Waals surface area contributed by atoms with E-state index in [0.717, 1.165) is 0 Å². The van der Waals surface area contributed by atoms with E-state index in [9.17, 15) is 4.39 Å². The molecular formula is C16H22BFO4. The summed E-state index contributed by atoms with van der Waals surface area (Å²) in [6.07, 6.45) is 2.91. The molecule has 0 saturated carbocycles. The van der Waals surface area contributed by atoms with Crippen LogP contribution in [0.5, 0.6) is 5.75 Å². The lowest BCUT2D eigenvalue weighted by atomic mass is 9.78. The molecule has 1 aliphatic rings. The van der Waals surface area contributed by atoms with E-state index in [2.05, 4.69) is 0 Å². The fourth-order valence-electron chi connectivity index (χ4n) is 2.19. The molecule has 0 radical (unpaired) electrons. The molecular weight excluding hydrogens is 286 g/mol. The molecule has 0 bridgehead atoms. The summed E-state index contributed by atoms with van der Waals surface area (Å²) in [4.78, 5) is 0. The van der Waals surface area contributed by atoms with Crippen LogP contribution in [-0.4, -0.2) is 32.5 Å². The third kappa shape index (κ3) is 2.98. The van der Waals surface area contributed by atoms with Crippen LogP contribution in [-0.2, 0) is 14.0 Å².